The van der Waals surface area contributed by atoms with E-state index in [9.17, 15) is 5.26 Å². The molecule has 0 aromatic carbocycles. The van der Waals surface area contributed by atoms with Gasteiger partial charge in [-0.3, -0.25) is 0 Å². The average Bonchev–Trinajstić information content (AvgIpc) is 2.82. The van der Waals surface area contributed by atoms with Crippen molar-refractivity contribution in [3.05, 3.63) is 11.8 Å². The van der Waals surface area contributed by atoms with Gasteiger partial charge in [-0.2, -0.15) is 5.26 Å². The third kappa shape index (κ3) is 2.09. The number of piperidine rings is 1. The van der Waals surface area contributed by atoms with Crippen LogP contribution in [0.15, 0.2) is 6.07 Å². The minimum atomic E-state index is 0.328. The number of nitriles is 1. The lowest BCUT2D eigenvalue weighted by atomic mass is 9.99. The molecule has 1 aromatic heterocycles. The Morgan fingerprint density at radius 3 is 2.48 bits per heavy atom. The maximum absolute atomic E-state index is 9.45. The molecule has 0 spiro atoms. The van der Waals surface area contributed by atoms with E-state index >= 15 is 0 Å². The monoisotopic (exact) mass is 313 g/mol. The van der Waals surface area contributed by atoms with Crippen LogP contribution in [0.3, 0.4) is 0 Å². The fraction of sp³-hybridized carbons (Fsp3) is 0.688. The first-order valence-electron chi connectivity index (χ1n) is 8.36. The second kappa shape index (κ2) is 5.05. The standard InChI is InChI=1S/C16H19N5O2/c17-5-14-15(21-10-1-2-11(21)9-22-8-10)4-16(19-18-14)20-6-12-3-13(7-20)23-12/h4,10-13H,1-3,6-9H2. The maximum atomic E-state index is 9.45. The molecule has 7 nitrogen and oxygen atoms in total. The van der Waals surface area contributed by atoms with Gasteiger partial charge < -0.3 is 19.3 Å². The largest absolute Gasteiger partial charge is 0.377 e. The molecule has 120 valence electrons. The van der Waals surface area contributed by atoms with Crippen molar-refractivity contribution in [2.45, 2.75) is 43.6 Å². The third-order valence-electron chi connectivity index (χ3n) is 5.47. The van der Waals surface area contributed by atoms with Gasteiger partial charge in [0.15, 0.2) is 11.5 Å². The van der Waals surface area contributed by atoms with Crippen molar-refractivity contribution < 1.29 is 9.47 Å². The number of anilines is 2. The van der Waals surface area contributed by atoms with Gasteiger partial charge >= 0.3 is 0 Å². The molecule has 23 heavy (non-hydrogen) atoms. The van der Waals surface area contributed by atoms with Crippen molar-refractivity contribution in [3.63, 3.8) is 0 Å². The average molecular weight is 313 g/mol. The van der Waals surface area contributed by atoms with Crippen LogP contribution in [-0.2, 0) is 9.47 Å². The highest BCUT2D eigenvalue weighted by molar-refractivity contribution is 5.63. The molecule has 6 rings (SSSR count). The number of hydrogen-bond acceptors (Lipinski definition) is 7. The zero-order valence-corrected chi connectivity index (χ0v) is 12.9. The molecule has 5 fully saturated rings. The summed E-state index contributed by atoms with van der Waals surface area (Å²) in [6.07, 6.45) is 4.05. The predicted molar refractivity (Wildman–Crippen MR) is 82.3 cm³/mol. The van der Waals surface area contributed by atoms with Crippen molar-refractivity contribution in [3.8, 4) is 6.07 Å². The Bertz CT molecular complexity index is 643. The van der Waals surface area contributed by atoms with Crippen LogP contribution in [0.25, 0.3) is 0 Å². The SMILES string of the molecule is N#Cc1nnc(N2CC3CC(C2)O3)cc1N1C2CCC1COC2. The fourth-order valence-electron chi connectivity index (χ4n) is 4.37. The molecule has 5 aliphatic heterocycles. The third-order valence-corrected chi connectivity index (χ3v) is 5.47. The van der Waals surface area contributed by atoms with Gasteiger partial charge in [0.05, 0.1) is 43.2 Å². The normalized spacial score (nSPS) is 34.9. The Kier molecular flexibility index (Phi) is 2.97. The molecule has 4 atom stereocenters. The van der Waals surface area contributed by atoms with Gasteiger partial charge in [0.25, 0.3) is 0 Å². The first-order chi connectivity index (χ1) is 11.3. The van der Waals surface area contributed by atoms with Crippen molar-refractivity contribution in [2.75, 3.05) is 36.1 Å². The second-order valence-corrected chi connectivity index (χ2v) is 6.90. The molecule has 0 amide bonds. The van der Waals surface area contributed by atoms with Crippen LogP contribution in [0.1, 0.15) is 25.0 Å². The molecular weight excluding hydrogens is 294 g/mol. The highest BCUT2D eigenvalue weighted by Crippen LogP contribution is 2.37. The molecule has 7 heteroatoms. The Hall–Kier alpha value is -1.91. The summed E-state index contributed by atoms with van der Waals surface area (Å²) >= 11 is 0. The first kappa shape index (κ1) is 13.5. The Balaban J connectivity index is 1.50. The Morgan fingerprint density at radius 2 is 1.83 bits per heavy atom. The molecular formula is C16H19N5O2. The molecule has 1 aromatic rings. The minimum absolute atomic E-state index is 0.328. The summed E-state index contributed by atoms with van der Waals surface area (Å²) in [7, 11) is 0. The summed E-state index contributed by atoms with van der Waals surface area (Å²) in [5, 5.41) is 18.0. The van der Waals surface area contributed by atoms with Gasteiger partial charge in [-0.15, -0.1) is 10.2 Å². The van der Waals surface area contributed by atoms with E-state index < -0.39 is 0 Å². The molecule has 0 radical (unpaired) electrons. The number of rotatable bonds is 2. The summed E-state index contributed by atoms with van der Waals surface area (Å²) in [6.45, 7) is 3.21. The van der Waals surface area contributed by atoms with Crippen LogP contribution in [0, 0.1) is 11.3 Å². The van der Waals surface area contributed by atoms with E-state index in [1.54, 1.807) is 0 Å². The lowest BCUT2D eigenvalue weighted by Gasteiger charge is -2.47. The molecule has 6 heterocycles. The van der Waals surface area contributed by atoms with Crippen molar-refractivity contribution >= 4 is 11.5 Å². The lowest BCUT2D eigenvalue weighted by molar-refractivity contribution is -0.133. The van der Waals surface area contributed by atoms with Gasteiger partial charge in [0.1, 0.15) is 6.07 Å². The van der Waals surface area contributed by atoms with Crippen LogP contribution in [-0.4, -0.2) is 60.8 Å². The van der Waals surface area contributed by atoms with Crippen LogP contribution >= 0.6 is 0 Å². The zero-order valence-electron chi connectivity index (χ0n) is 12.9. The van der Waals surface area contributed by atoms with Crippen molar-refractivity contribution in [1.82, 2.24) is 10.2 Å². The van der Waals surface area contributed by atoms with E-state index in [1.165, 1.54) is 0 Å². The van der Waals surface area contributed by atoms with Crippen LogP contribution < -0.4 is 9.80 Å². The molecule has 0 N–H and O–H groups in total. The van der Waals surface area contributed by atoms with Gasteiger partial charge in [-0.25, -0.2) is 0 Å². The lowest BCUT2D eigenvalue weighted by Crippen LogP contribution is -2.57. The van der Waals surface area contributed by atoms with E-state index in [2.05, 4.69) is 26.1 Å². The number of aromatic nitrogens is 2. The van der Waals surface area contributed by atoms with Gasteiger partial charge in [0.2, 0.25) is 0 Å². The Morgan fingerprint density at radius 1 is 1.13 bits per heavy atom. The number of fused-ring (bicyclic) bond motifs is 4. The smallest absolute Gasteiger partial charge is 0.186 e. The number of hydrogen-bond donors (Lipinski definition) is 0. The van der Waals surface area contributed by atoms with Gasteiger partial charge in [-0.1, -0.05) is 0 Å². The second-order valence-electron chi connectivity index (χ2n) is 6.90. The molecule has 0 aliphatic carbocycles. The van der Waals surface area contributed by atoms with Crippen LogP contribution in [0.4, 0.5) is 11.5 Å². The summed E-state index contributed by atoms with van der Waals surface area (Å²) in [5.41, 5.74) is 1.35. The highest BCUT2D eigenvalue weighted by Gasteiger charge is 2.41. The maximum Gasteiger partial charge on any atom is 0.186 e. The summed E-state index contributed by atoms with van der Waals surface area (Å²) in [4.78, 5) is 4.59. The number of ether oxygens (including phenoxy) is 2. The van der Waals surface area contributed by atoms with Crippen LogP contribution in [0.5, 0.6) is 0 Å². The van der Waals surface area contributed by atoms with Crippen LogP contribution in [0.2, 0.25) is 0 Å². The highest BCUT2D eigenvalue weighted by atomic mass is 16.5. The fourth-order valence-corrected chi connectivity index (χ4v) is 4.37. The van der Waals surface area contributed by atoms with E-state index in [4.69, 9.17) is 9.47 Å². The van der Waals surface area contributed by atoms with Gasteiger partial charge in [0, 0.05) is 25.6 Å². The molecule has 4 unspecified atom stereocenters. The Labute approximate surface area is 134 Å². The zero-order chi connectivity index (χ0) is 15.4. The first-order valence-corrected chi connectivity index (χ1v) is 8.36. The molecule has 0 saturated carbocycles. The van der Waals surface area contributed by atoms with Crippen molar-refractivity contribution in [1.29, 1.82) is 5.26 Å². The van der Waals surface area contributed by atoms with E-state index in [1.807, 2.05) is 6.07 Å². The summed E-state index contributed by atoms with van der Waals surface area (Å²) < 4.78 is 11.4. The van der Waals surface area contributed by atoms with E-state index in [0.717, 1.165) is 57.1 Å². The molecule has 5 aliphatic rings. The minimum Gasteiger partial charge on any atom is -0.377 e. The van der Waals surface area contributed by atoms with Gasteiger partial charge in [-0.05, 0) is 12.8 Å². The predicted octanol–water partition coefficient (Wildman–Crippen LogP) is 0.693. The van der Waals surface area contributed by atoms with E-state index in [-0.39, 0.29) is 0 Å². The molecule has 4 bridgehead atoms. The van der Waals surface area contributed by atoms with E-state index in [0.29, 0.717) is 30.0 Å². The topological polar surface area (TPSA) is 74.5 Å². The summed E-state index contributed by atoms with van der Waals surface area (Å²) in [5.74, 6) is 0.864. The summed E-state index contributed by atoms with van der Waals surface area (Å²) in [6, 6.07) is 4.97. The molecule has 5 saturated heterocycles. The number of nitrogens with zero attached hydrogens (tertiary/aromatic N) is 5. The van der Waals surface area contributed by atoms with Crippen molar-refractivity contribution in [2.24, 2.45) is 0 Å². The quantitative estimate of drug-likeness (QED) is 0.795. The number of morpholine rings is 2.